The summed E-state index contributed by atoms with van der Waals surface area (Å²) in [5.41, 5.74) is 0.0612. The minimum Gasteiger partial charge on any atom is -0.362 e. The van der Waals surface area contributed by atoms with Gasteiger partial charge in [0.1, 0.15) is 0 Å². The summed E-state index contributed by atoms with van der Waals surface area (Å²) in [6, 6.07) is 3.40. The van der Waals surface area contributed by atoms with Crippen LogP contribution in [0, 0.1) is 16.0 Å². The van der Waals surface area contributed by atoms with Crippen molar-refractivity contribution in [2.45, 2.75) is 38.6 Å². The zero-order valence-corrected chi connectivity index (χ0v) is 9.93. The molecule has 1 aliphatic rings. The van der Waals surface area contributed by atoms with Gasteiger partial charge >= 0.3 is 5.69 Å². The van der Waals surface area contributed by atoms with E-state index >= 15 is 0 Å². The maximum Gasteiger partial charge on any atom is 0.311 e. The standard InChI is InChI=1S/C12H17N3O2/c1-9-4-6-10(7-5-9)14-12-11(15(16)17)3-2-8-13-12/h2-3,8-10H,4-7H2,1H3,(H,13,14). The van der Waals surface area contributed by atoms with Gasteiger partial charge in [0, 0.05) is 18.3 Å². The average molecular weight is 235 g/mol. The molecule has 0 atom stereocenters. The van der Waals surface area contributed by atoms with Gasteiger partial charge in [0.2, 0.25) is 5.82 Å². The molecule has 0 bridgehead atoms. The van der Waals surface area contributed by atoms with Crippen LogP contribution in [0.2, 0.25) is 0 Å². The molecule has 5 heteroatoms. The van der Waals surface area contributed by atoms with Crippen molar-refractivity contribution in [1.82, 2.24) is 4.98 Å². The Balaban J connectivity index is 2.05. The number of anilines is 1. The third-order valence-corrected chi connectivity index (χ3v) is 3.34. The first-order valence-electron chi connectivity index (χ1n) is 6.02. The van der Waals surface area contributed by atoms with Crippen LogP contribution in [0.25, 0.3) is 0 Å². The fourth-order valence-corrected chi connectivity index (χ4v) is 2.25. The molecule has 0 radical (unpaired) electrons. The number of hydrogen-bond donors (Lipinski definition) is 1. The van der Waals surface area contributed by atoms with Crippen LogP contribution in [-0.2, 0) is 0 Å². The lowest BCUT2D eigenvalue weighted by atomic mass is 9.87. The Morgan fingerprint density at radius 3 is 2.76 bits per heavy atom. The molecule has 0 saturated heterocycles. The molecule has 5 nitrogen and oxygen atoms in total. The van der Waals surface area contributed by atoms with Gasteiger partial charge in [-0.3, -0.25) is 10.1 Å². The van der Waals surface area contributed by atoms with Crippen LogP contribution in [0.4, 0.5) is 11.5 Å². The summed E-state index contributed by atoms with van der Waals surface area (Å²) in [6.07, 6.45) is 6.07. The topological polar surface area (TPSA) is 68.1 Å². The quantitative estimate of drug-likeness (QED) is 0.646. The Kier molecular flexibility index (Phi) is 3.56. The average Bonchev–Trinajstić information content (AvgIpc) is 2.32. The summed E-state index contributed by atoms with van der Waals surface area (Å²) in [4.78, 5) is 14.5. The minimum absolute atomic E-state index is 0.0612. The van der Waals surface area contributed by atoms with Gasteiger partial charge in [-0.05, 0) is 37.7 Å². The van der Waals surface area contributed by atoms with Gasteiger partial charge in [-0.2, -0.15) is 0 Å². The monoisotopic (exact) mass is 235 g/mol. The van der Waals surface area contributed by atoms with Crippen LogP contribution in [-0.4, -0.2) is 15.9 Å². The van der Waals surface area contributed by atoms with E-state index in [2.05, 4.69) is 17.2 Å². The highest BCUT2D eigenvalue weighted by molar-refractivity contribution is 5.55. The van der Waals surface area contributed by atoms with Crippen LogP contribution < -0.4 is 5.32 Å². The Morgan fingerprint density at radius 2 is 2.12 bits per heavy atom. The normalized spacial score (nSPS) is 24.3. The Bertz CT molecular complexity index is 400. The van der Waals surface area contributed by atoms with E-state index in [9.17, 15) is 10.1 Å². The lowest BCUT2D eigenvalue weighted by Gasteiger charge is -2.27. The molecule has 1 fully saturated rings. The summed E-state index contributed by atoms with van der Waals surface area (Å²) in [5, 5.41) is 14.0. The highest BCUT2D eigenvalue weighted by atomic mass is 16.6. The Hall–Kier alpha value is -1.65. The van der Waals surface area contributed by atoms with Crippen LogP contribution in [0.5, 0.6) is 0 Å². The van der Waals surface area contributed by atoms with Crippen LogP contribution >= 0.6 is 0 Å². The fourth-order valence-electron chi connectivity index (χ4n) is 2.25. The Labute approximate surface area is 100 Å². The van der Waals surface area contributed by atoms with E-state index in [1.807, 2.05) is 0 Å². The van der Waals surface area contributed by atoms with Gasteiger partial charge in [0.05, 0.1) is 4.92 Å². The molecular formula is C12H17N3O2. The zero-order chi connectivity index (χ0) is 12.3. The smallest absolute Gasteiger partial charge is 0.311 e. The Morgan fingerprint density at radius 1 is 1.41 bits per heavy atom. The second kappa shape index (κ2) is 5.12. The second-order valence-electron chi connectivity index (χ2n) is 4.73. The van der Waals surface area contributed by atoms with Crippen LogP contribution in [0.1, 0.15) is 32.6 Å². The van der Waals surface area contributed by atoms with E-state index in [-0.39, 0.29) is 10.6 Å². The van der Waals surface area contributed by atoms with Crippen molar-refractivity contribution in [3.63, 3.8) is 0 Å². The molecule has 0 aliphatic heterocycles. The highest BCUT2D eigenvalue weighted by Gasteiger charge is 2.21. The van der Waals surface area contributed by atoms with E-state index in [1.54, 1.807) is 12.3 Å². The van der Waals surface area contributed by atoms with Gasteiger partial charge < -0.3 is 5.32 Å². The summed E-state index contributed by atoms with van der Waals surface area (Å²) in [5.74, 6) is 1.17. The molecule has 1 heterocycles. The predicted octanol–water partition coefficient (Wildman–Crippen LogP) is 2.98. The molecule has 17 heavy (non-hydrogen) atoms. The fraction of sp³-hybridized carbons (Fsp3) is 0.583. The van der Waals surface area contributed by atoms with Crippen molar-refractivity contribution < 1.29 is 4.92 Å². The third-order valence-electron chi connectivity index (χ3n) is 3.34. The molecule has 1 aromatic rings. The van der Waals surface area contributed by atoms with Gasteiger partial charge in [-0.25, -0.2) is 4.98 Å². The largest absolute Gasteiger partial charge is 0.362 e. The van der Waals surface area contributed by atoms with Crippen molar-refractivity contribution in [1.29, 1.82) is 0 Å². The predicted molar refractivity (Wildman–Crippen MR) is 65.9 cm³/mol. The first kappa shape index (κ1) is 11.8. The molecular weight excluding hydrogens is 218 g/mol. The van der Waals surface area contributed by atoms with Gasteiger partial charge in [-0.1, -0.05) is 6.92 Å². The van der Waals surface area contributed by atoms with Crippen LogP contribution in [0.3, 0.4) is 0 Å². The molecule has 0 unspecified atom stereocenters. The minimum atomic E-state index is -0.388. The van der Waals surface area contributed by atoms with E-state index in [0.717, 1.165) is 18.8 Å². The van der Waals surface area contributed by atoms with Crippen molar-refractivity contribution in [2.24, 2.45) is 5.92 Å². The van der Waals surface area contributed by atoms with Gasteiger partial charge in [-0.15, -0.1) is 0 Å². The van der Waals surface area contributed by atoms with E-state index in [1.165, 1.54) is 18.9 Å². The van der Waals surface area contributed by atoms with Crippen molar-refractivity contribution in [3.8, 4) is 0 Å². The summed E-state index contributed by atoms with van der Waals surface area (Å²) in [6.45, 7) is 2.25. The number of nitrogens with zero attached hydrogens (tertiary/aromatic N) is 2. The van der Waals surface area contributed by atoms with Crippen LogP contribution in [0.15, 0.2) is 18.3 Å². The molecule has 2 rings (SSSR count). The van der Waals surface area contributed by atoms with E-state index < -0.39 is 0 Å². The lowest BCUT2D eigenvalue weighted by Crippen LogP contribution is -2.26. The van der Waals surface area contributed by atoms with Crippen molar-refractivity contribution in [3.05, 3.63) is 28.4 Å². The molecule has 1 N–H and O–H groups in total. The summed E-state index contributed by atoms with van der Waals surface area (Å²) >= 11 is 0. The molecule has 1 aromatic heterocycles. The summed E-state index contributed by atoms with van der Waals surface area (Å²) < 4.78 is 0. The van der Waals surface area contributed by atoms with Crippen molar-refractivity contribution >= 4 is 11.5 Å². The first-order valence-corrected chi connectivity index (χ1v) is 6.02. The maximum atomic E-state index is 10.8. The van der Waals surface area contributed by atoms with E-state index in [4.69, 9.17) is 0 Å². The van der Waals surface area contributed by atoms with Crippen molar-refractivity contribution in [2.75, 3.05) is 5.32 Å². The third kappa shape index (κ3) is 2.93. The lowest BCUT2D eigenvalue weighted by molar-refractivity contribution is -0.384. The molecule has 0 spiro atoms. The van der Waals surface area contributed by atoms with Gasteiger partial charge in [0.25, 0.3) is 0 Å². The highest BCUT2D eigenvalue weighted by Crippen LogP contribution is 2.28. The number of pyridine rings is 1. The number of nitro groups is 1. The van der Waals surface area contributed by atoms with Gasteiger partial charge in [0.15, 0.2) is 0 Å². The molecule has 92 valence electrons. The number of hydrogen-bond acceptors (Lipinski definition) is 4. The SMILES string of the molecule is CC1CCC(Nc2ncccc2[N+](=O)[O-])CC1. The number of rotatable bonds is 3. The number of nitrogens with one attached hydrogen (secondary N) is 1. The number of aromatic nitrogens is 1. The molecule has 0 amide bonds. The zero-order valence-electron chi connectivity index (χ0n) is 9.93. The second-order valence-corrected chi connectivity index (χ2v) is 4.73. The van der Waals surface area contributed by atoms with E-state index in [0.29, 0.717) is 11.9 Å². The maximum absolute atomic E-state index is 10.8. The first-order chi connectivity index (χ1) is 8.16. The molecule has 1 aliphatic carbocycles. The summed E-state index contributed by atoms with van der Waals surface area (Å²) in [7, 11) is 0. The molecule has 0 aromatic carbocycles. The molecule has 1 saturated carbocycles.